The van der Waals surface area contributed by atoms with Gasteiger partial charge in [0.1, 0.15) is 6.17 Å². The summed E-state index contributed by atoms with van der Waals surface area (Å²) in [6.07, 6.45) is -0.259. The highest BCUT2D eigenvalue weighted by Crippen LogP contribution is 2.37. The Balaban J connectivity index is 1.81. The van der Waals surface area contributed by atoms with Gasteiger partial charge in [0, 0.05) is 15.8 Å². The van der Waals surface area contributed by atoms with E-state index in [-0.39, 0.29) is 12.1 Å². The lowest BCUT2D eigenvalue weighted by Gasteiger charge is -2.38. The van der Waals surface area contributed by atoms with Gasteiger partial charge in [-0.3, -0.25) is 9.69 Å². The molecule has 0 aliphatic carbocycles. The van der Waals surface area contributed by atoms with Crippen LogP contribution in [0.15, 0.2) is 77.3 Å². The summed E-state index contributed by atoms with van der Waals surface area (Å²) in [7, 11) is 0. The second-order valence-corrected chi connectivity index (χ2v) is 7.98. The third-order valence-corrected chi connectivity index (χ3v) is 5.48. The number of hydrogen-bond donors (Lipinski definition) is 1. The van der Waals surface area contributed by atoms with Crippen molar-refractivity contribution in [2.75, 3.05) is 10.2 Å². The zero-order valence-electron chi connectivity index (χ0n) is 15.3. The lowest BCUT2D eigenvalue weighted by molar-refractivity contribution is 0.0975. The van der Waals surface area contributed by atoms with E-state index in [2.05, 4.69) is 47.2 Å². The summed E-state index contributed by atoms with van der Waals surface area (Å²) in [6.45, 7) is 4.34. The van der Waals surface area contributed by atoms with Gasteiger partial charge < -0.3 is 5.32 Å². The first-order chi connectivity index (χ1) is 13.0. The van der Waals surface area contributed by atoms with E-state index in [1.165, 1.54) is 5.56 Å². The number of halogens is 1. The Labute approximate surface area is 168 Å². The lowest BCUT2D eigenvalue weighted by Crippen LogP contribution is -2.43. The largest absolute Gasteiger partial charge is 0.360 e. The number of nitrogens with one attached hydrogen (secondary N) is 1. The van der Waals surface area contributed by atoms with E-state index >= 15 is 0 Å². The highest BCUT2D eigenvalue weighted by atomic mass is 79.9. The second kappa shape index (κ2) is 7.20. The number of nitrogens with zero attached hydrogens (tertiary/aromatic N) is 1. The summed E-state index contributed by atoms with van der Waals surface area (Å²) in [5.74, 6) is 0.465. The van der Waals surface area contributed by atoms with Crippen molar-refractivity contribution in [1.29, 1.82) is 0 Å². The van der Waals surface area contributed by atoms with Crippen molar-refractivity contribution in [2.45, 2.75) is 25.9 Å². The fraction of sp³-hybridized carbons (Fsp3) is 0.174. The van der Waals surface area contributed by atoms with Gasteiger partial charge in [-0.2, -0.15) is 0 Å². The number of anilines is 2. The second-order valence-electron chi connectivity index (χ2n) is 7.07. The van der Waals surface area contributed by atoms with Crippen LogP contribution in [0.5, 0.6) is 0 Å². The first-order valence-electron chi connectivity index (χ1n) is 9.09. The predicted octanol–water partition coefficient (Wildman–Crippen LogP) is 6.34. The molecule has 27 heavy (non-hydrogen) atoms. The molecule has 3 aromatic carbocycles. The van der Waals surface area contributed by atoms with Crippen molar-refractivity contribution in [3.05, 3.63) is 94.0 Å². The van der Waals surface area contributed by atoms with Gasteiger partial charge in [0.05, 0.1) is 5.56 Å². The number of amides is 1. The molecule has 0 spiro atoms. The molecule has 0 bridgehead atoms. The summed E-state index contributed by atoms with van der Waals surface area (Å²) in [4.78, 5) is 15.2. The average molecular weight is 421 g/mol. The first kappa shape index (κ1) is 17.8. The van der Waals surface area contributed by atoms with E-state index < -0.39 is 0 Å². The summed E-state index contributed by atoms with van der Waals surface area (Å²) >= 11 is 3.49. The Morgan fingerprint density at radius 3 is 2.26 bits per heavy atom. The van der Waals surface area contributed by atoms with Crippen LogP contribution in [-0.4, -0.2) is 5.91 Å². The van der Waals surface area contributed by atoms with Crippen LogP contribution in [0.25, 0.3) is 0 Å². The molecule has 4 heteroatoms. The molecule has 4 rings (SSSR count). The smallest absolute Gasteiger partial charge is 0.262 e. The molecule has 0 saturated heterocycles. The fourth-order valence-corrected chi connectivity index (χ4v) is 3.68. The minimum Gasteiger partial charge on any atom is -0.360 e. The van der Waals surface area contributed by atoms with E-state index in [1.54, 1.807) is 0 Å². The van der Waals surface area contributed by atoms with Crippen LogP contribution in [0.3, 0.4) is 0 Å². The van der Waals surface area contributed by atoms with E-state index in [4.69, 9.17) is 0 Å². The van der Waals surface area contributed by atoms with E-state index in [9.17, 15) is 4.79 Å². The van der Waals surface area contributed by atoms with Crippen molar-refractivity contribution in [3.8, 4) is 0 Å². The van der Waals surface area contributed by atoms with Gasteiger partial charge in [0.2, 0.25) is 0 Å². The van der Waals surface area contributed by atoms with Crippen molar-refractivity contribution < 1.29 is 4.79 Å². The number of para-hydroxylation sites is 1. The molecule has 3 nitrogen and oxygen atoms in total. The molecule has 1 aliphatic rings. The standard InChI is InChI=1S/C23H21BrN2O/c1-15(2)16-9-13-19(14-10-16)26-22(17-7-11-18(24)12-8-17)25-21-6-4-3-5-20(21)23(26)27/h3-15,22,25H,1-2H3. The van der Waals surface area contributed by atoms with Gasteiger partial charge in [0.15, 0.2) is 0 Å². The van der Waals surface area contributed by atoms with E-state index in [0.717, 1.165) is 21.4 Å². The summed E-state index contributed by atoms with van der Waals surface area (Å²) in [5, 5.41) is 3.54. The maximum absolute atomic E-state index is 13.4. The first-order valence-corrected chi connectivity index (χ1v) is 9.88. The van der Waals surface area contributed by atoms with Crippen LogP contribution < -0.4 is 10.2 Å². The maximum Gasteiger partial charge on any atom is 0.262 e. The van der Waals surface area contributed by atoms with Crippen LogP contribution in [0.1, 0.15) is 47.4 Å². The van der Waals surface area contributed by atoms with E-state index in [0.29, 0.717) is 11.5 Å². The molecular weight excluding hydrogens is 400 g/mol. The molecule has 1 aliphatic heterocycles. The topological polar surface area (TPSA) is 32.3 Å². The Hall–Kier alpha value is -2.59. The third-order valence-electron chi connectivity index (χ3n) is 4.95. The maximum atomic E-state index is 13.4. The summed E-state index contributed by atoms with van der Waals surface area (Å²) in [6, 6.07) is 24.0. The third kappa shape index (κ3) is 3.37. The van der Waals surface area contributed by atoms with Crippen LogP contribution in [0.2, 0.25) is 0 Å². The van der Waals surface area contributed by atoms with Gasteiger partial charge in [-0.25, -0.2) is 0 Å². The van der Waals surface area contributed by atoms with Gasteiger partial charge in [-0.15, -0.1) is 0 Å². The number of carbonyl (C=O) groups is 1. The highest BCUT2D eigenvalue weighted by Gasteiger charge is 2.33. The average Bonchev–Trinajstić information content (AvgIpc) is 2.69. The molecule has 1 amide bonds. The Morgan fingerprint density at radius 1 is 0.926 bits per heavy atom. The van der Waals surface area contributed by atoms with Crippen molar-refractivity contribution >= 4 is 33.2 Å². The van der Waals surface area contributed by atoms with Gasteiger partial charge >= 0.3 is 0 Å². The Kier molecular flexibility index (Phi) is 4.75. The monoisotopic (exact) mass is 420 g/mol. The van der Waals surface area contributed by atoms with Crippen LogP contribution in [0.4, 0.5) is 11.4 Å². The number of fused-ring (bicyclic) bond motifs is 1. The zero-order chi connectivity index (χ0) is 19.0. The summed E-state index contributed by atoms with van der Waals surface area (Å²) < 4.78 is 1.02. The Morgan fingerprint density at radius 2 is 1.59 bits per heavy atom. The molecule has 0 aromatic heterocycles. The Bertz CT molecular complexity index is 964. The number of carbonyl (C=O) groups excluding carboxylic acids is 1. The summed E-state index contributed by atoms with van der Waals surface area (Å²) in [5.41, 5.74) is 4.74. The number of hydrogen-bond acceptors (Lipinski definition) is 2. The molecule has 1 atom stereocenters. The molecule has 136 valence electrons. The van der Waals surface area contributed by atoms with Crippen molar-refractivity contribution in [2.24, 2.45) is 0 Å². The minimum absolute atomic E-state index is 0.00886. The minimum atomic E-state index is -0.259. The molecular formula is C23H21BrN2O. The molecule has 0 saturated carbocycles. The zero-order valence-corrected chi connectivity index (χ0v) is 16.9. The number of benzene rings is 3. The molecule has 1 N–H and O–H groups in total. The lowest BCUT2D eigenvalue weighted by atomic mass is 10.0. The highest BCUT2D eigenvalue weighted by molar-refractivity contribution is 9.10. The predicted molar refractivity (Wildman–Crippen MR) is 114 cm³/mol. The quantitative estimate of drug-likeness (QED) is 0.535. The van der Waals surface area contributed by atoms with E-state index in [1.807, 2.05) is 65.6 Å². The number of rotatable bonds is 3. The molecule has 0 radical (unpaired) electrons. The molecule has 1 heterocycles. The van der Waals surface area contributed by atoms with Crippen LogP contribution in [0, 0.1) is 0 Å². The SMILES string of the molecule is CC(C)c1ccc(N2C(=O)c3ccccc3NC2c2ccc(Br)cc2)cc1. The van der Waals surface area contributed by atoms with Gasteiger partial charge in [-0.1, -0.05) is 66.2 Å². The molecule has 1 unspecified atom stereocenters. The van der Waals surface area contributed by atoms with Crippen molar-refractivity contribution in [1.82, 2.24) is 0 Å². The van der Waals surface area contributed by atoms with Crippen LogP contribution in [-0.2, 0) is 0 Å². The molecule has 3 aromatic rings. The normalized spacial score (nSPS) is 16.2. The van der Waals surface area contributed by atoms with Gasteiger partial charge in [0.25, 0.3) is 5.91 Å². The van der Waals surface area contributed by atoms with Gasteiger partial charge in [-0.05, 0) is 53.4 Å². The van der Waals surface area contributed by atoms with Crippen molar-refractivity contribution in [3.63, 3.8) is 0 Å². The molecule has 0 fully saturated rings. The van der Waals surface area contributed by atoms with Crippen LogP contribution >= 0.6 is 15.9 Å². The fourth-order valence-electron chi connectivity index (χ4n) is 3.42.